The Balaban J connectivity index is 0.00000144. The van der Waals surface area contributed by atoms with Gasteiger partial charge in [0.15, 0.2) is 0 Å². The van der Waals surface area contributed by atoms with Crippen LogP contribution < -0.4 is 10.6 Å². The monoisotopic (exact) mass is 500 g/mol. The number of hydrogen-bond donors (Lipinski definition) is 2. The van der Waals surface area contributed by atoms with Crippen molar-refractivity contribution in [3.05, 3.63) is 46.7 Å². The largest absolute Gasteiger partial charge is 0.460 e. The molecule has 2 aliphatic carbocycles. The molecule has 2 N–H and O–H groups in total. The van der Waals surface area contributed by atoms with Gasteiger partial charge in [-0.1, -0.05) is 23.7 Å². The van der Waals surface area contributed by atoms with Gasteiger partial charge in [0.25, 0.3) is 5.91 Å². The number of fused-ring (bicyclic) bond motifs is 1. The van der Waals surface area contributed by atoms with Gasteiger partial charge in [0, 0.05) is 12.2 Å². The smallest absolute Gasteiger partial charge is 0.255 e. The van der Waals surface area contributed by atoms with E-state index in [9.17, 15) is 4.79 Å². The van der Waals surface area contributed by atoms with Crippen LogP contribution in [0.4, 0.5) is 0 Å². The number of furan rings is 1. The highest BCUT2D eigenvalue weighted by atomic mass is 35.5. The summed E-state index contributed by atoms with van der Waals surface area (Å²) in [5.41, 5.74) is 1.36. The number of benzene rings is 1. The van der Waals surface area contributed by atoms with Crippen LogP contribution >= 0.6 is 36.4 Å². The van der Waals surface area contributed by atoms with Crippen LogP contribution in [0, 0.1) is 24.7 Å². The molecule has 2 heterocycles. The molecule has 0 radical (unpaired) electrons. The number of amides is 1. The fraction of sp³-hybridized carbons (Fsp3) is 0.542. The van der Waals surface area contributed by atoms with Gasteiger partial charge in [-0.25, -0.2) is 0 Å². The number of carbonyl (C=O) groups excluding carboxylic acids is 1. The Morgan fingerprint density at radius 1 is 1.19 bits per heavy atom. The van der Waals surface area contributed by atoms with Crippen LogP contribution in [0.1, 0.15) is 41.8 Å². The lowest BCUT2D eigenvalue weighted by atomic mass is 9.77. The minimum absolute atomic E-state index is 0. The minimum atomic E-state index is -0.0935. The third-order valence-electron chi connectivity index (χ3n) is 6.88. The van der Waals surface area contributed by atoms with E-state index < -0.39 is 0 Å². The summed E-state index contributed by atoms with van der Waals surface area (Å²) in [7, 11) is 0. The predicted octanol–water partition coefficient (Wildman–Crippen LogP) is 5.28. The normalized spacial score (nSPS) is 26.6. The summed E-state index contributed by atoms with van der Waals surface area (Å²) in [6.45, 7) is 4.75. The van der Waals surface area contributed by atoms with Gasteiger partial charge in [-0.15, -0.1) is 24.8 Å². The molecular weight excluding hydrogens is 471 g/mol. The van der Waals surface area contributed by atoms with Crippen molar-refractivity contribution in [2.45, 2.75) is 44.8 Å². The van der Waals surface area contributed by atoms with Crippen molar-refractivity contribution in [3.63, 3.8) is 0 Å². The maximum atomic E-state index is 13.2. The van der Waals surface area contributed by atoms with E-state index in [0.29, 0.717) is 33.9 Å². The molecule has 4 atom stereocenters. The summed E-state index contributed by atoms with van der Waals surface area (Å²) in [6.07, 6.45) is 4.62. The van der Waals surface area contributed by atoms with E-state index in [0.717, 1.165) is 44.0 Å². The highest BCUT2D eigenvalue weighted by Crippen LogP contribution is 2.37. The first-order valence-electron chi connectivity index (χ1n) is 11.1. The molecule has 32 heavy (non-hydrogen) atoms. The lowest BCUT2D eigenvalue weighted by Gasteiger charge is -2.38. The molecule has 0 unspecified atom stereocenters. The number of halogens is 3. The minimum Gasteiger partial charge on any atom is -0.460 e. The highest BCUT2D eigenvalue weighted by molar-refractivity contribution is 6.33. The SMILES string of the molecule is Cc1oc(-c2ccccc2Cl)cc1C(=O)N[C@H]1C[C@H]2CNC[C@H]2C[C@@H]1OCC1CC1.Cl.Cl. The average Bonchev–Trinajstić information content (AvgIpc) is 3.32. The van der Waals surface area contributed by atoms with Crippen LogP contribution in [0.5, 0.6) is 0 Å². The van der Waals surface area contributed by atoms with Crippen LogP contribution in [0.25, 0.3) is 11.3 Å². The molecule has 2 saturated carbocycles. The van der Waals surface area contributed by atoms with Crippen molar-refractivity contribution < 1.29 is 13.9 Å². The van der Waals surface area contributed by atoms with Crippen LogP contribution in [0.2, 0.25) is 5.02 Å². The summed E-state index contributed by atoms with van der Waals surface area (Å²) < 4.78 is 12.2. The lowest BCUT2D eigenvalue weighted by molar-refractivity contribution is -0.0211. The van der Waals surface area contributed by atoms with Crippen molar-refractivity contribution in [3.8, 4) is 11.3 Å². The molecule has 8 heteroatoms. The van der Waals surface area contributed by atoms with Crippen LogP contribution in [0.3, 0.4) is 0 Å². The van der Waals surface area contributed by atoms with Gasteiger partial charge < -0.3 is 19.8 Å². The summed E-state index contributed by atoms with van der Waals surface area (Å²) in [5.74, 6) is 3.12. The van der Waals surface area contributed by atoms with Crippen molar-refractivity contribution in [2.75, 3.05) is 19.7 Å². The Morgan fingerprint density at radius 3 is 2.62 bits per heavy atom. The van der Waals surface area contributed by atoms with Gasteiger partial charge in [0.2, 0.25) is 0 Å². The van der Waals surface area contributed by atoms with E-state index >= 15 is 0 Å². The number of aryl methyl sites for hydroxylation is 1. The topological polar surface area (TPSA) is 63.5 Å². The fourth-order valence-corrected chi connectivity index (χ4v) is 5.14. The van der Waals surface area contributed by atoms with Crippen LogP contribution in [-0.4, -0.2) is 37.7 Å². The molecule has 1 saturated heterocycles. The molecule has 3 fully saturated rings. The van der Waals surface area contributed by atoms with E-state index in [1.54, 1.807) is 6.07 Å². The number of ether oxygens (including phenoxy) is 1. The van der Waals surface area contributed by atoms with Crippen LogP contribution in [-0.2, 0) is 4.74 Å². The molecule has 0 spiro atoms. The molecule has 0 bridgehead atoms. The average molecular weight is 502 g/mol. The lowest BCUT2D eigenvalue weighted by Crippen LogP contribution is -2.50. The fourth-order valence-electron chi connectivity index (χ4n) is 4.91. The Hall–Kier alpha value is -1.24. The summed E-state index contributed by atoms with van der Waals surface area (Å²) >= 11 is 6.31. The Labute approximate surface area is 206 Å². The molecule has 5 nitrogen and oxygen atoms in total. The van der Waals surface area contributed by atoms with Gasteiger partial charge in [-0.2, -0.15) is 0 Å². The van der Waals surface area contributed by atoms with E-state index in [-0.39, 0.29) is 42.9 Å². The van der Waals surface area contributed by atoms with Gasteiger partial charge in [0.1, 0.15) is 11.5 Å². The first-order chi connectivity index (χ1) is 14.6. The Morgan fingerprint density at radius 2 is 1.91 bits per heavy atom. The van der Waals surface area contributed by atoms with Crippen LogP contribution in [0.15, 0.2) is 34.7 Å². The number of rotatable bonds is 6. The molecule has 1 aliphatic heterocycles. The van der Waals surface area contributed by atoms with Crippen molar-refractivity contribution in [1.82, 2.24) is 10.6 Å². The second kappa shape index (κ2) is 10.8. The number of hydrogen-bond acceptors (Lipinski definition) is 4. The van der Waals surface area contributed by atoms with Gasteiger partial charge >= 0.3 is 0 Å². The summed E-state index contributed by atoms with van der Waals surface area (Å²) in [4.78, 5) is 13.2. The molecule has 176 valence electrons. The first-order valence-corrected chi connectivity index (χ1v) is 11.4. The quantitative estimate of drug-likeness (QED) is 0.566. The van der Waals surface area contributed by atoms with Crippen molar-refractivity contribution in [1.29, 1.82) is 0 Å². The highest BCUT2D eigenvalue weighted by Gasteiger charge is 2.41. The standard InChI is InChI=1S/C24H29ClN2O3.2ClH/c1-14-19(10-22(30-14)18-4-2-3-5-20(18)25)24(28)27-21-8-16-11-26-12-17(16)9-23(21)29-13-15-6-7-15;;/h2-5,10,15-17,21,23,26H,6-9,11-13H2,1H3,(H,27,28);2*1H/t16-,17+,21-,23-;;/m0../s1. The van der Waals surface area contributed by atoms with Gasteiger partial charge in [-0.05, 0) is 81.6 Å². The number of carbonyl (C=O) groups is 1. The van der Waals surface area contributed by atoms with Gasteiger partial charge in [0.05, 0.1) is 22.7 Å². The molecule has 2 aromatic rings. The zero-order chi connectivity index (χ0) is 20.7. The van der Waals surface area contributed by atoms with E-state index in [4.69, 9.17) is 20.8 Å². The molecule has 1 aromatic heterocycles. The molecule has 5 rings (SSSR count). The van der Waals surface area contributed by atoms with Gasteiger partial charge in [-0.3, -0.25) is 4.79 Å². The summed E-state index contributed by atoms with van der Waals surface area (Å²) in [6, 6.07) is 9.35. The first kappa shape index (κ1) is 25.4. The Bertz CT molecular complexity index is 931. The second-order valence-electron chi connectivity index (χ2n) is 9.11. The van der Waals surface area contributed by atoms with E-state index in [1.807, 2.05) is 31.2 Å². The maximum absolute atomic E-state index is 13.2. The molecule has 1 aromatic carbocycles. The third kappa shape index (κ3) is 5.45. The van der Waals surface area contributed by atoms with E-state index in [2.05, 4.69) is 10.6 Å². The third-order valence-corrected chi connectivity index (χ3v) is 7.21. The maximum Gasteiger partial charge on any atom is 0.255 e. The Kier molecular flexibility index (Phi) is 8.56. The molecule has 1 amide bonds. The number of nitrogens with one attached hydrogen (secondary N) is 2. The second-order valence-corrected chi connectivity index (χ2v) is 9.51. The van der Waals surface area contributed by atoms with Crippen molar-refractivity contribution in [2.24, 2.45) is 17.8 Å². The van der Waals surface area contributed by atoms with E-state index in [1.165, 1.54) is 12.8 Å². The summed E-state index contributed by atoms with van der Waals surface area (Å²) in [5, 5.41) is 7.40. The molecular formula is C24H31Cl3N2O3. The van der Waals surface area contributed by atoms with Crippen molar-refractivity contribution >= 4 is 42.3 Å². The molecule has 3 aliphatic rings. The zero-order valence-corrected chi connectivity index (χ0v) is 20.5. The zero-order valence-electron chi connectivity index (χ0n) is 18.1. The predicted molar refractivity (Wildman–Crippen MR) is 131 cm³/mol.